The lowest BCUT2D eigenvalue weighted by atomic mass is 9.97. The fourth-order valence-electron chi connectivity index (χ4n) is 2.43. The molecule has 1 aromatic carbocycles. The minimum Gasteiger partial charge on any atom is -0.388 e. The van der Waals surface area contributed by atoms with E-state index in [1.54, 1.807) is 16.9 Å². The normalized spacial score (nSPS) is 17.1. The Hall–Kier alpha value is -1.79. The Labute approximate surface area is 133 Å². The highest BCUT2D eigenvalue weighted by Crippen LogP contribution is 2.26. The van der Waals surface area contributed by atoms with Crippen LogP contribution < -0.4 is 5.32 Å². The maximum absolute atomic E-state index is 12.2. The van der Waals surface area contributed by atoms with Gasteiger partial charge in [0.2, 0.25) is 0 Å². The number of amides is 1. The number of hydrogen-bond donors (Lipinski definition) is 2. The van der Waals surface area contributed by atoms with E-state index in [2.05, 4.69) is 10.4 Å². The average Bonchev–Trinajstić information content (AvgIpc) is 3.04. The molecule has 0 atom stereocenters. The van der Waals surface area contributed by atoms with Crippen molar-refractivity contribution in [1.29, 1.82) is 0 Å². The molecule has 2 N–H and O–H groups in total. The van der Waals surface area contributed by atoms with Crippen LogP contribution in [0.25, 0.3) is 5.69 Å². The van der Waals surface area contributed by atoms with E-state index in [4.69, 9.17) is 0 Å². The molecule has 0 spiro atoms. The number of para-hydroxylation sites is 1. The van der Waals surface area contributed by atoms with Gasteiger partial charge in [-0.15, -0.1) is 0 Å². The van der Waals surface area contributed by atoms with E-state index < -0.39 is 5.60 Å². The second-order valence-corrected chi connectivity index (χ2v) is 6.73. The summed E-state index contributed by atoms with van der Waals surface area (Å²) >= 11 is 1.84. The Morgan fingerprint density at radius 2 is 2.00 bits per heavy atom. The van der Waals surface area contributed by atoms with E-state index in [0.29, 0.717) is 5.69 Å². The van der Waals surface area contributed by atoms with Gasteiger partial charge < -0.3 is 10.4 Å². The summed E-state index contributed by atoms with van der Waals surface area (Å²) < 4.78 is 1.67. The third-order valence-electron chi connectivity index (χ3n) is 3.84. The van der Waals surface area contributed by atoms with Gasteiger partial charge in [-0.2, -0.15) is 16.9 Å². The molecule has 0 radical (unpaired) electrons. The Morgan fingerprint density at radius 1 is 1.27 bits per heavy atom. The number of nitrogens with one attached hydrogen (secondary N) is 1. The van der Waals surface area contributed by atoms with E-state index in [1.165, 1.54) is 0 Å². The van der Waals surface area contributed by atoms with Gasteiger partial charge in [-0.1, -0.05) is 18.2 Å². The van der Waals surface area contributed by atoms with Crippen LogP contribution in [0.5, 0.6) is 0 Å². The van der Waals surface area contributed by atoms with Gasteiger partial charge in [0.05, 0.1) is 11.3 Å². The van der Waals surface area contributed by atoms with Crippen LogP contribution in [0.4, 0.5) is 0 Å². The Balaban J connectivity index is 1.62. The van der Waals surface area contributed by atoms with Crippen LogP contribution >= 0.6 is 11.8 Å². The summed E-state index contributed by atoms with van der Waals surface area (Å²) in [6, 6.07) is 11.3. The van der Waals surface area contributed by atoms with Crippen LogP contribution in [0.2, 0.25) is 0 Å². The van der Waals surface area contributed by atoms with Crippen molar-refractivity contribution < 1.29 is 9.90 Å². The Morgan fingerprint density at radius 3 is 2.73 bits per heavy atom. The van der Waals surface area contributed by atoms with Crippen LogP contribution in [0.15, 0.2) is 42.6 Å². The molecule has 0 bridgehead atoms. The molecule has 1 fully saturated rings. The van der Waals surface area contributed by atoms with Gasteiger partial charge in [0.25, 0.3) is 5.91 Å². The SMILES string of the molecule is O=C(NCC1(O)CCSCC1)c1ccn(-c2ccccc2)n1. The van der Waals surface area contributed by atoms with E-state index in [0.717, 1.165) is 30.0 Å². The first-order valence-electron chi connectivity index (χ1n) is 7.36. The summed E-state index contributed by atoms with van der Waals surface area (Å²) in [5, 5.41) is 17.5. The molecule has 0 aliphatic carbocycles. The lowest BCUT2D eigenvalue weighted by Gasteiger charge is -2.31. The summed E-state index contributed by atoms with van der Waals surface area (Å²) in [5.74, 6) is 1.63. The highest BCUT2D eigenvalue weighted by molar-refractivity contribution is 7.99. The summed E-state index contributed by atoms with van der Waals surface area (Å²) in [7, 11) is 0. The molecule has 2 heterocycles. The highest BCUT2D eigenvalue weighted by Gasteiger charge is 2.30. The largest absolute Gasteiger partial charge is 0.388 e. The molecule has 5 nitrogen and oxygen atoms in total. The van der Waals surface area contributed by atoms with Gasteiger partial charge in [-0.3, -0.25) is 4.79 Å². The van der Waals surface area contributed by atoms with Gasteiger partial charge in [0.15, 0.2) is 5.69 Å². The summed E-state index contributed by atoms with van der Waals surface area (Å²) in [6.45, 7) is 0.282. The highest BCUT2D eigenvalue weighted by atomic mass is 32.2. The number of carbonyl (C=O) groups is 1. The number of aliphatic hydroxyl groups is 1. The molecular formula is C16H19N3O2S. The number of rotatable bonds is 4. The van der Waals surface area contributed by atoms with Crippen LogP contribution in [0.1, 0.15) is 23.3 Å². The number of thioether (sulfide) groups is 1. The minimum atomic E-state index is -0.775. The molecule has 22 heavy (non-hydrogen) atoms. The van der Waals surface area contributed by atoms with Crippen LogP contribution in [-0.2, 0) is 0 Å². The fraction of sp³-hybridized carbons (Fsp3) is 0.375. The standard InChI is InChI=1S/C16H19N3O2S/c20-15(17-12-16(21)7-10-22-11-8-16)14-6-9-19(18-14)13-4-2-1-3-5-13/h1-6,9,21H,7-8,10-12H2,(H,17,20). The van der Waals surface area contributed by atoms with Crippen molar-refractivity contribution in [2.45, 2.75) is 18.4 Å². The molecule has 1 aromatic heterocycles. The second kappa shape index (κ2) is 6.54. The van der Waals surface area contributed by atoms with Crippen LogP contribution in [0.3, 0.4) is 0 Å². The predicted molar refractivity (Wildman–Crippen MR) is 87.4 cm³/mol. The van der Waals surface area contributed by atoms with Crippen LogP contribution in [-0.4, -0.2) is 44.4 Å². The molecule has 1 aliphatic rings. The van der Waals surface area contributed by atoms with Gasteiger partial charge >= 0.3 is 0 Å². The van der Waals surface area contributed by atoms with Crippen molar-refractivity contribution in [2.75, 3.05) is 18.1 Å². The van der Waals surface area contributed by atoms with E-state index >= 15 is 0 Å². The first kappa shape index (κ1) is 15.1. The van der Waals surface area contributed by atoms with Crippen molar-refractivity contribution in [3.8, 4) is 5.69 Å². The smallest absolute Gasteiger partial charge is 0.271 e. The molecule has 3 rings (SSSR count). The first-order chi connectivity index (χ1) is 10.7. The number of benzene rings is 1. The van der Waals surface area contributed by atoms with Gasteiger partial charge in [0, 0.05) is 12.7 Å². The number of carbonyl (C=O) groups excluding carboxylic acids is 1. The predicted octanol–water partition coefficient (Wildman–Crippen LogP) is 1.86. The third-order valence-corrected chi connectivity index (χ3v) is 4.83. The Kier molecular flexibility index (Phi) is 4.49. The second-order valence-electron chi connectivity index (χ2n) is 5.50. The maximum Gasteiger partial charge on any atom is 0.271 e. The fourth-order valence-corrected chi connectivity index (χ4v) is 3.69. The van der Waals surface area contributed by atoms with E-state index in [9.17, 15) is 9.90 Å². The molecule has 6 heteroatoms. The number of hydrogen-bond acceptors (Lipinski definition) is 4. The molecule has 1 aliphatic heterocycles. The lowest BCUT2D eigenvalue weighted by molar-refractivity contribution is 0.0310. The summed E-state index contributed by atoms with van der Waals surface area (Å²) in [4.78, 5) is 12.2. The lowest BCUT2D eigenvalue weighted by Crippen LogP contribution is -2.45. The molecule has 1 saturated heterocycles. The van der Waals surface area contributed by atoms with Gasteiger partial charge in [-0.05, 0) is 42.5 Å². The van der Waals surface area contributed by atoms with E-state index in [1.807, 2.05) is 42.1 Å². The number of nitrogens with zero attached hydrogens (tertiary/aromatic N) is 2. The molecule has 116 valence electrons. The molecule has 0 saturated carbocycles. The average molecular weight is 317 g/mol. The first-order valence-corrected chi connectivity index (χ1v) is 8.51. The van der Waals surface area contributed by atoms with Crippen molar-refractivity contribution in [3.63, 3.8) is 0 Å². The molecule has 1 amide bonds. The monoisotopic (exact) mass is 317 g/mol. The van der Waals surface area contributed by atoms with Crippen molar-refractivity contribution in [3.05, 3.63) is 48.3 Å². The zero-order chi connectivity index (χ0) is 15.4. The van der Waals surface area contributed by atoms with Gasteiger partial charge in [-0.25, -0.2) is 4.68 Å². The minimum absolute atomic E-state index is 0.249. The van der Waals surface area contributed by atoms with Crippen LogP contribution in [0, 0.1) is 0 Å². The van der Waals surface area contributed by atoms with Crippen molar-refractivity contribution >= 4 is 17.7 Å². The third kappa shape index (κ3) is 3.51. The molecule has 0 unspecified atom stereocenters. The van der Waals surface area contributed by atoms with Crippen molar-refractivity contribution in [2.24, 2.45) is 0 Å². The zero-order valence-electron chi connectivity index (χ0n) is 12.2. The maximum atomic E-state index is 12.2. The quantitative estimate of drug-likeness (QED) is 0.903. The summed E-state index contributed by atoms with van der Waals surface area (Å²) in [5.41, 5.74) is 0.491. The number of aromatic nitrogens is 2. The van der Waals surface area contributed by atoms with Gasteiger partial charge in [0.1, 0.15) is 0 Å². The Bertz CT molecular complexity index is 636. The van der Waals surface area contributed by atoms with Crippen molar-refractivity contribution in [1.82, 2.24) is 15.1 Å². The molecular weight excluding hydrogens is 298 g/mol. The zero-order valence-corrected chi connectivity index (χ0v) is 13.1. The topological polar surface area (TPSA) is 67.2 Å². The molecule has 2 aromatic rings. The van der Waals surface area contributed by atoms with E-state index in [-0.39, 0.29) is 12.5 Å². The summed E-state index contributed by atoms with van der Waals surface area (Å²) in [6.07, 6.45) is 3.20.